The van der Waals surface area contributed by atoms with Crippen LogP contribution in [0.5, 0.6) is 5.75 Å². The fraction of sp³-hybridized carbons (Fsp3) is 0.607. The highest BCUT2D eigenvalue weighted by Crippen LogP contribution is 2.23. The van der Waals surface area contributed by atoms with Gasteiger partial charge in [-0.15, -0.1) is 0 Å². The van der Waals surface area contributed by atoms with Crippen molar-refractivity contribution in [1.29, 1.82) is 0 Å². The smallest absolute Gasteiger partial charge is 0.335 e. The minimum atomic E-state index is -4.29. The highest BCUT2D eigenvalue weighted by molar-refractivity contribution is 7.90. The third-order valence-corrected chi connectivity index (χ3v) is 10.4. The minimum absolute atomic E-state index is 0.0244. The molecule has 47 heavy (non-hydrogen) atoms. The van der Waals surface area contributed by atoms with E-state index < -0.39 is 67.8 Å². The van der Waals surface area contributed by atoms with E-state index in [9.17, 15) is 41.1 Å². The van der Waals surface area contributed by atoms with Crippen LogP contribution in [0.3, 0.4) is 0 Å². The number of amides is 2. The van der Waals surface area contributed by atoms with Gasteiger partial charge in [0.1, 0.15) is 40.1 Å². The van der Waals surface area contributed by atoms with E-state index in [-0.39, 0.29) is 69.8 Å². The van der Waals surface area contributed by atoms with Gasteiger partial charge in [0.2, 0.25) is 11.8 Å². The molecule has 3 rings (SSSR count). The molecule has 0 aliphatic carbocycles. The third-order valence-electron chi connectivity index (χ3n) is 7.79. The molecule has 1 aromatic rings. The van der Waals surface area contributed by atoms with Crippen LogP contribution in [0.25, 0.3) is 0 Å². The van der Waals surface area contributed by atoms with Gasteiger partial charge in [0.25, 0.3) is 10.2 Å². The lowest BCUT2D eigenvalue weighted by molar-refractivity contribution is -0.140. The lowest BCUT2D eigenvalue weighted by atomic mass is 10.1. The Balaban J connectivity index is 1.66. The summed E-state index contributed by atoms with van der Waals surface area (Å²) in [6.45, 7) is 0.438. The number of aliphatic imine (C=N–C) groups is 1. The van der Waals surface area contributed by atoms with Crippen LogP contribution in [-0.4, -0.2) is 124 Å². The number of piperidine rings is 1. The molecule has 2 aliphatic heterocycles. The Kier molecular flexibility index (Phi) is 13.5. The van der Waals surface area contributed by atoms with Crippen molar-refractivity contribution in [3.8, 4) is 5.75 Å². The first-order valence-corrected chi connectivity index (χ1v) is 18.7. The number of hydrogen-bond donors (Lipinski definition) is 5. The molecule has 0 spiro atoms. The first kappa shape index (κ1) is 37.6. The fourth-order valence-electron chi connectivity index (χ4n) is 5.38. The Morgan fingerprint density at radius 1 is 1.11 bits per heavy atom. The van der Waals surface area contributed by atoms with Gasteiger partial charge in [0.15, 0.2) is 5.96 Å². The molecular weight excluding hydrogens is 658 g/mol. The standard InChI is InChI=1S/C28H43N7O10S2/c1-46(41,42)16-11-23(26(38)35-13-4-8-24(35)25(37)32-20(18-36)6-3-12-31-28(29)30)33-47(43,44)34-14-9-21(10-15-34)45-22-7-2-5-19(17-22)27(39)40/h2,5,7,17-18,20-21,23-24,33H,3-4,6,8-16H2,1H3,(H,32,37)(H,39,40)(H4,29,30,31)/t20-,23?,24?/m0/s1. The Bertz CT molecular complexity index is 1530. The number of nitrogens with zero attached hydrogens (tertiary/aromatic N) is 3. The Hall–Kier alpha value is -3.81. The molecule has 19 heteroatoms. The number of aldehydes is 1. The predicted molar refractivity (Wildman–Crippen MR) is 171 cm³/mol. The first-order chi connectivity index (χ1) is 22.1. The summed E-state index contributed by atoms with van der Waals surface area (Å²) in [5.41, 5.74) is 10.6. The van der Waals surface area contributed by atoms with Crippen LogP contribution in [0.2, 0.25) is 0 Å². The number of ether oxygens (including phenoxy) is 1. The molecule has 2 amide bonds. The molecule has 2 fully saturated rings. The molecule has 3 atom stereocenters. The van der Waals surface area contributed by atoms with Crippen molar-refractivity contribution in [3.05, 3.63) is 29.8 Å². The van der Waals surface area contributed by atoms with Crippen molar-refractivity contribution < 1.29 is 45.9 Å². The summed E-state index contributed by atoms with van der Waals surface area (Å²) in [7, 11) is -7.87. The highest BCUT2D eigenvalue weighted by Gasteiger charge is 2.40. The number of aromatic carboxylic acids is 1. The van der Waals surface area contributed by atoms with Crippen molar-refractivity contribution in [1.82, 2.24) is 19.2 Å². The summed E-state index contributed by atoms with van der Waals surface area (Å²) in [5, 5.41) is 11.8. The number of hydrogen-bond acceptors (Lipinski definition) is 10. The molecular formula is C28H43N7O10S2. The number of nitrogens with one attached hydrogen (secondary N) is 2. The fourth-order valence-corrected chi connectivity index (χ4v) is 7.46. The van der Waals surface area contributed by atoms with E-state index in [1.54, 1.807) is 12.1 Å². The van der Waals surface area contributed by atoms with Crippen molar-refractivity contribution in [2.45, 2.75) is 69.2 Å². The SMILES string of the molecule is CS(=O)(=O)CCC(NS(=O)(=O)N1CCC(Oc2cccc(C(=O)O)c2)CC1)C(=O)N1CCCC1C(=O)N[C@H](C=O)CCCN=C(N)N. The third kappa shape index (κ3) is 11.7. The van der Waals surface area contributed by atoms with Crippen LogP contribution in [0.15, 0.2) is 29.3 Å². The number of rotatable bonds is 17. The van der Waals surface area contributed by atoms with E-state index >= 15 is 0 Å². The second kappa shape index (κ2) is 16.8. The maximum atomic E-state index is 13.7. The van der Waals surface area contributed by atoms with Gasteiger partial charge in [-0.3, -0.25) is 14.6 Å². The zero-order valence-electron chi connectivity index (χ0n) is 26.1. The first-order valence-electron chi connectivity index (χ1n) is 15.2. The molecule has 2 saturated heterocycles. The highest BCUT2D eigenvalue weighted by atomic mass is 32.2. The van der Waals surface area contributed by atoms with Crippen LogP contribution in [0.4, 0.5) is 0 Å². The van der Waals surface area contributed by atoms with Gasteiger partial charge in [-0.2, -0.15) is 17.4 Å². The molecule has 1 aromatic carbocycles. The molecule has 7 N–H and O–H groups in total. The molecule has 0 bridgehead atoms. The molecule has 0 radical (unpaired) electrons. The van der Waals surface area contributed by atoms with Crippen LogP contribution in [0, 0.1) is 0 Å². The van der Waals surface area contributed by atoms with Crippen LogP contribution < -0.4 is 26.2 Å². The van der Waals surface area contributed by atoms with Gasteiger partial charge in [0.05, 0.1) is 17.4 Å². The molecule has 2 aliphatic rings. The lowest BCUT2D eigenvalue weighted by Crippen LogP contribution is -2.57. The molecule has 17 nitrogen and oxygen atoms in total. The second-order valence-corrected chi connectivity index (χ2v) is 15.5. The van der Waals surface area contributed by atoms with E-state index in [1.165, 1.54) is 17.0 Å². The van der Waals surface area contributed by atoms with Crippen LogP contribution >= 0.6 is 0 Å². The number of carboxylic acid groups (broad SMARTS) is 1. The maximum absolute atomic E-state index is 13.7. The van der Waals surface area contributed by atoms with Crippen molar-refractivity contribution in [2.24, 2.45) is 16.5 Å². The Morgan fingerprint density at radius 3 is 2.43 bits per heavy atom. The number of carbonyl (C=O) groups excluding carboxylic acids is 3. The molecule has 0 saturated carbocycles. The van der Waals surface area contributed by atoms with Crippen LogP contribution in [-0.2, 0) is 34.4 Å². The summed E-state index contributed by atoms with van der Waals surface area (Å²) in [4.78, 5) is 54.8. The number of likely N-dealkylation sites (tertiary alicyclic amines) is 1. The number of guanidine groups is 1. The van der Waals surface area contributed by atoms with Gasteiger partial charge in [-0.1, -0.05) is 6.07 Å². The van der Waals surface area contributed by atoms with E-state index in [4.69, 9.17) is 16.2 Å². The van der Waals surface area contributed by atoms with E-state index in [0.717, 1.165) is 10.6 Å². The predicted octanol–water partition coefficient (Wildman–Crippen LogP) is -1.41. The van der Waals surface area contributed by atoms with Gasteiger partial charge in [-0.05, 0) is 63.1 Å². The van der Waals surface area contributed by atoms with Gasteiger partial charge in [-0.25, -0.2) is 13.2 Å². The molecule has 2 heterocycles. The van der Waals surface area contributed by atoms with Crippen molar-refractivity contribution >= 4 is 50.1 Å². The normalized spacial score (nSPS) is 19.0. The number of carbonyl (C=O) groups is 4. The van der Waals surface area contributed by atoms with E-state index in [2.05, 4.69) is 15.0 Å². The lowest BCUT2D eigenvalue weighted by Gasteiger charge is -2.34. The largest absolute Gasteiger partial charge is 0.490 e. The quantitative estimate of drug-likeness (QED) is 0.0543. The number of benzene rings is 1. The average Bonchev–Trinajstić information content (AvgIpc) is 3.50. The Labute approximate surface area is 274 Å². The maximum Gasteiger partial charge on any atom is 0.335 e. The molecule has 2 unspecified atom stereocenters. The topological polar surface area (TPSA) is 261 Å². The summed E-state index contributed by atoms with van der Waals surface area (Å²) in [6.07, 6.45) is 2.71. The summed E-state index contributed by atoms with van der Waals surface area (Å²) < 4.78 is 60.2. The van der Waals surface area contributed by atoms with E-state index in [0.29, 0.717) is 24.9 Å². The van der Waals surface area contributed by atoms with Crippen molar-refractivity contribution in [2.75, 3.05) is 38.2 Å². The average molecular weight is 702 g/mol. The van der Waals surface area contributed by atoms with Gasteiger partial charge >= 0.3 is 5.97 Å². The van der Waals surface area contributed by atoms with E-state index in [1.807, 2.05) is 0 Å². The summed E-state index contributed by atoms with van der Waals surface area (Å²) in [5.74, 6) is -2.69. The molecule has 262 valence electrons. The minimum Gasteiger partial charge on any atom is -0.490 e. The zero-order chi connectivity index (χ0) is 34.8. The monoisotopic (exact) mass is 701 g/mol. The number of nitrogens with two attached hydrogens (primary N) is 2. The van der Waals surface area contributed by atoms with Gasteiger partial charge < -0.3 is 36.3 Å². The zero-order valence-corrected chi connectivity index (χ0v) is 27.7. The second-order valence-electron chi connectivity index (χ2n) is 11.5. The number of carboxylic acids is 1. The number of sulfone groups is 1. The summed E-state index contributed by atoms with van der Waals surface area (Å²) >= 11 is 0. The molecule has 0 aromatic heterocycles. The van der Waals surface area contributed by atoms with Crippen LogP contribution in [0.1, 0.15) is 55.3 Å². The summed E-state index contributed by atoms with van der Waals surface area (Å²) in [6, 6.07) is 2.64. The van der Waals surface area contributed by atoms with Gasteiger partial charge in [0, 0.05) is 32.4 Å². The van der Waals surface area contributed by atoms with Crippen molar-refractivity contribution in [3.63, 3.8) is 0 Å². The Morgan fingerprint density at radius 2 is 1.81 bits per heavy atom.